The standard InChI is InChI=1S/C55H58N2O19/c1-29-35(72-51(68)45(73-40(63)24-25-41(64)76-57-38(61)22-23-39(57)62)43(32-16-10-7-11-17-32)56-49(66)33-18-12-8-13-19-33)27-55(69)48(74-50(67)34-20-14-9-15-21-34)46-53(6,36(60)26-37-54(46,28-70-37)75-31(3)59)47(65)44(71-30(2)58)42(29)52(55,4)5/h7-21,35-37,43-46,48,60,69H,22-28H2,1-6H3,(H,56,66)/t35-,36-,37+,43-,44+,45+,46-,48-,53+,54-,55+/m0/s1. The molecule has 21 nitrogen and oxygen atoms in total. The Morgan fingerprint density at radius 1 is 0.776 bits per heavy atom. The molecule has 3 amide bonds. The highest BCUT2D eigenvalue weighted by atomic mass is 16.7. The number of ketones is 1. The lowest BCUT2D eigenvalue weighted by molar-refractivity contribution is -0.346. The molecule has 2 saturated heterocycles. The Hall–Kier alpha value is -7.62. The number of carbonyl (C=O) groups is 10. The molecule has 2 bridgehead atoms. The number of esters is 5. The van der Waals surface area contributed by atoms with Crippen molar-refractivity contribution in [2.45, 2.75) is 134 Å². The topological polar surface area (TPSA) is 291 Å². The fourth-order valence-corrected chi connectivity index (χ4v) is 11.5. The molecule has 402 valence electrons. The van der Waals surface area contributed by atoms with Crippen LogP contribution in [0.5, 0.6) is 0 Å². The number of hydrogen-bond donors (Lipinski definition) is 3. The zero-order chi connectivity index (χ0) is 55.1. The second-order valence-corrected chi connectivity index (χ2v) is 20.4. The molecule has 3 N–H and O–H groups in total. The summed E-state index contributed by atoms with van der Waals surface area (Å²) in [7, 11) is 0. The van der Waals surface area contributed by atoms with Crippen LogP contribution in [0.2, 0.25) is 0 Å². The van der Waals surface area contributed by atoms with Gasteiger partial charge in [0.15, 0.2) is 17.5 Å². The van der Waals surface area contributed by atoms with Crippen molar-refractivity contribution in [3.63, 3.8) is 0 Å². The minimum atomic E-state index is -2.54. The molecule has 2 heterocycles. The van der Waals surface area contributed by atoms with Crippen molar-refractivity contribution in [2.24, 2.45) is 16.7 Å². The van der Waals surface area contributed by atoms with Gasteiger partial charge in [-0.25, -0.2) is 14.4 Å². The van der Waals surface area contributed by atoms with Crippen LogP contribution in [-0.2, 0) is 71.6 Å². The molecular weight excluding hydrogens is 993 g/mol. The average Bonchev–Trinajstić information content (AvgIpc) is 3.87. The van der Waals surface area contributed by atoms with Gasteiger partial charge in [0.2, 0.25) is 6.10 Å². The van der Waals surface area contributed by atoms with Gasteiger partial charge in [0.25, 0.3) is 17.7 Å². The normalized spacial score (nSPS) is 29.1. The zero-order valence-corrected chi connectivity index (χ0v) is 42.5. The number of hydroxylamine groups is 2. The van der Waals surface area contributed by atoms with Crippen molar-refractivity contribution in [1.82, 2.24) is 10.4 Å². The summed E-state index contributed by atoms with van der Waals surface area (Å²) < 4.78 is 36.5. The summed E-state index contributed by atoms with van der Waals surface area (Å²) >= 11 is 0. The van der Waals surface area contributed by atoms with Crippen LogP contribution >= 0.6 is 0 Å². The number of benzene rings is 3. The van der Waals surface area contributed by atoms with Crippen LogP contribution in [0.1, 0.15) is 112 Å². The monoisotopic (exact) mass is 1050 g/mol. The first-order valence-corrected chi connectivity index (χ1v) is 24.7. The zero-order valence-electron chi connectivity index (χ0n) is 42.5. The van der Waals surface area contributed by atoms with Gasteiger partial charge in [-0.05, 0) is 54.8 Å². The van der Waals surface area contributed by atoms with E-state index in [1.165, 1.54) is 64.1 Å². The molecule has 0 aromatic heterocycles. The van der Waals surface area contributed by atoms with Gasteiger partial charge in [-0.15, -0.1) is 5.06 Å². The maximum atomic E-state index is 15.8. The predicted octanol–water partition coefficient (Wildman–Crippen LogP) is 3.67. The Morgan fingerprint density at radius 2 is 1.36 bits per heavy atom. The SMILES string of the molecule is CC(=O)O[C@H]1C(=O)[C@@]2(C)[C@H]([C@H](OC(=O)c3ccccc3)[C@]3(O)C[C@H](OC(=O)[C@H](OC(=O)CCC(=O)ON4C(=O)CCC4=O)[C@@H](NC(=O)c4ccccc4)c4ccccc4)C(C)=C1C3(C)C)[C@]1(OC(C)=O)CO[C@@H]1C[C@@H]2O. The third kappa shape index (κ3) is 9.89. The lowest BCUT2D eigenvalue weighted by Gasteiger charge is -2.67. The summed E-state index contributed by atoms with van der Waals surface area (Å²) in [5.74, 6) is -11.4. The van der Waals surface area contributed by atoms with Crippen LogP contribution in [0.4, 0.5) is 0 Å². The molecule has 8 rings (SSSR count). The Balaban J connectivity index is 1.25. The van der Waals surface area contributed by atoms with E-state index in [2.05, 4.69) is 5.32 Å². The van der Waals surface area contributed by atoms with Gasteiger partial charge >= 0.3 is 35.8 Å². The molecule has 3 aromatic carbocycles. The van der Waals surface area contributed by atoms with E-state index in [1.54, 1.807) is 54.6 Å². The first-order chi connectivity index (χ1) is 35.9. The van der Waals surface area contributed by atoms with Gasteiger partial charge in [-0.2, -0.15) is 0 Å². The number of fused-ring (bicyclic) bond motifs is 5. The highest BCUT2D eigenvalue weighted by molar-refractivity contribution is 6.02. The average molecular weight is 1050 g/mol. The number of aliphatic hydroxyl groups excluding tert-OH is 1. The predicted molar refractivity (Wildman–Crippen MR) is 258 cm³/mol. The van der Waals surface area contributed by atoms with E-state index in [0.29, 0.717) is 5.06 Å². The number of imide groups is 1. The molecule has 21 heteroatoms. The number of Topliss-reactive ketones (excluding diaryl/α,β-unsaturated/α-hetero) is 1. The summed E-state index contributed by atoms with van der Waals surface area (Å²) in [6, 6.07) is 21.8. The molecule has 0 radical (unpaired) electrons. The fraction of sp³-hybridized carbons (Fsp3) is 0.455. The van der Waals surface area contributed by atoms with Gasteiger partial charge < -0.3 is 48.8 Å². The molecule has 4 fully saturated rings. The number of hydrogen-bond acceptors (Lipinski definition) is 19. The molecule has 3 aliphatic carbocycles. The number of nitrogens with one attached hydrogen (secondary N) is 1. The van der Waals surface area contributed by atoms with E-state index >= 15 is 9.59 Å². The van der Waals surface area contributed by atoms with Gasteiger partial charge in [0.05, 0.1) is 42.4 Å². The Morgan fingerprint density at radius 3 is 1.92 bits per heavy atom. The molecular formula is C55H58N2O19. The third-order valence-corrected chi connectivity index (χ3v) is 15.4. The van der Waals surface area contributed by atoms with Crippen LogP contribution < -0.4 is 5.32 Å². The molecule has 0 spiro atoms. The van der Waals surface area contributed by atoms with Crippen molar-refractivity contribution in [2.75, 3.05) is 6.61 Å². The second kappa shape index (κ2) is 21.2. The molecule has 11 atom stereocenters. The summed E-state index contributed by atoms with van der Waals surface area (Å²) in [6.45, 7) is 7.57. The van der Waals surface area contributed by atoms with E-state index in [4.69, 9.17) is 33.3 Å². The van der Waals surface area contributed by atoms with Crippen LogP contribution in [0.3, 0.4) is 0 Å². The van der Waals surface area contributed by atoms with Crippen molar-refractivity contribution in [3.05, 3.63) is 119 Å². The lowest BCUT2D eigenvalue weighted by Crippen LogP contribution is -2.82. The van der Waals surface area contributed by atoms with E-state index < -0.39 is 149 Å². The number of aliphatic hydroxyl groups is 2. The molecule has 0 unspecified atom stereocenters. The maximum absolute atomic E-state index is 15.8. The van der Waals surface area contributed by atoms with Crippen LogP contribution in [-0.4, -0.2) is 129 Å². The fourth-order valence-electron chi connectivity index (χ4n) is 11.5. The molecule has 5 aliphatic rings. The number of carbonyl (C=O) groups excluding carboxylic acids is 10. The highest BCUT2D eigenvalue weighted by Gasteiger charge is 2.78. The van der Waals surface area contributed by atoms with E-state index in [9.17, 15) is 48.6 Å². The van der Waals surface area contributed by atoms with Crippen molar-refractivity contribution < 1.29 is 91.4 Å². The number of ether oxygens (including phenoxy) is 6. The molecule has 3 aromatic rings. The van der Waals surface area contributed by atoms with Crippen molar-refractivity contribution in [1.29, 1.82) is 0 Å². The van der Waals surface area contributed by atoms with Gasteiger partial charge in [-0.1, -0.05) is 80.6 Å². The Kier molecular flexibility index (Phi) is 15.2. The Bertz CT molecular complexity index is 2860. The molecule has 76 heavy (non-hydrogen) atoms. The molecule has 2 saturated carbocycles. The van der Waals surface area contributed by atoms with Crippen molar-refractivity contribution >= 4 is 59.3 Å². The van der Waals surface area contributed by atoms with Crippen molar-refractivity contribution in [3.8, 4) is 0 Å². The Labute approximate surface area is 436 Å². The van der Waals surface area contributed by atoms with Gasteiger partial charge in [0.1, 0.15) is 30.0 Å². The van der Waals surface area contributed by atoms with Crippen LogP contribution in [0.25, 0.3) is 0 Å². The first kappa shape index (κ1) is 54.6. The van der Waals surface area contributed by atoms with Gasteiger partial charge in [-0.3, -0.25) is 33.6 Å². The largest absolute Gasteiger partial charge is 0.455 e. The van der Waals surface area contributed by atoms with E-state index in [1.807, 2.05) is 0 Å². The van der Waals surface area contributed by atoms with E-state index in [0.717, 1.165) is 13.8 Å². The first-order valence-electron chi connectivity index (χ1n) is 24.7. The van der Waals surface area contributed by atoms with Crippen LogP contribution in [0, 0.1) is 16.7 Å². The highest BCUT2D eigenvalue weighted by Crippen LogP contribution is 2.64. The van der Waals surface area contributed by atoms with Gasteiger partial charge in [0, 0.05) is 50.5 Å². The summed E-state index contributed by atoms with van der Waals surface area (Å²) in [6.07, 6.45) is -13.3. The summed E-state index contributed by atoms with van der Waals surface area (Å²) in [5.41, 5.74) is -8.08. The minimum absolute atomic E-state index is 0.00210. The molecule has 2 aliphatic heterocycles. The second-order valence-electron chi connectivity index (χ2n) is 20.4. The third-order valence-electron chi connectivity index (χ3n) is 15.4. The summed E-state index contributed by atoms with van der Waals surface area (Å²) in [4.78, 5) is 142. The number of amides is 3. The maximum Gasteiger partial charge on any atom is 0.350 e. The lowest BCUT2D eigenvalue weighted by atomic mass is 9.44. The van der Waals surface area contributed by atoms with Crippen LogP contribution in [0.15, 0.2) is 102 Å². The number of nitrogens with zero attached hydrogens (tertiary/aromatic N) is 1. The van der Waals surface area contributed by atoms with E-state index in [-0.39, 0.29) is 53.7 Å². The smallest absolute Gasteiger partial charge is 0.350 e. The summed E-state index contributed by atoms with van der Waals surface area (Å²) in [5, 5.41) is 29.2. The minimum Gasteiger partial charge on any atom is -0.455 e. The quantitative estimate of drug-likeness (QED) is 0.0847. The number of rotatable bonds is 15.